The van der Waals surface area contributed by atoms with Gasteiger partial charge in [-0.3, -0.25) is 4.18 Å². The molecule has 11 heteroatoms. The quantitative estimate of drug-likeness (QED) is 0.186. The molecule has 1 aliphatic carbocycles. The Hall–Kier alpha value is -2.80. The highest BCUT2D eigenvalue weighted by Gasteiger charge is 2.55. The smallest absolute Gasteiger partial charge is 0.368 e. The second-order valence-corrected chi connectivity index (χ2v) is 12.1. The average molecular weight is 607 g/mol. The lowest BCUT2D eigenvalue weighted by Gasteiger charge is -2.44. The normalized spacial score (nSPS) is 28.0. The van der Waals surface area contributed by atoms with Gasteiger partial charge in [-0.1, -0.05) is 91.0 Å². The van der Waals surface area contributed by atoms with Gasteiger partial charge >= 0.3 is 15.6 Å². The van der Waals surface area contributed by atoms with E-state index in [9.17, 15) is 21.6 Å². The van der Waals surface area contributed by atoms with Crippen LogP contribution in [-0.4, -0.2) is 51.2 Å². The Morgan fingerprint density at radius 1 is 0.762 bits per heavy atom. The third-order valence-corrected chi connectivity index (χ3v) is 8.49. The topological polar surface area (TPSA) is 80.3 Å². The summed E-state index contributed by atoms with van der Waals surface area (Å²) in [6, 6.07) is 28.0. The number of benzene rings is 3. The van der Waals surface area contributed by atoms with Gasteiger partial charge in [-0.15, -0.1) is 0 Å². The van der Waals surface area contributed by atoms with E-state index >= 15 is 0 Å². The molecule has 0 spiro atoms. The minimum absolute atomic E-state index is 0.0270. The maximum atomic E-state index is 13.5. The van der Waals surface area contributed by atoms with Gasteiger partial charge in [0.2, 0.25) is 0 Å². The van der Waals surface area contributed by atoms with Gasteiger partial charge in [0.05, 0.1) is 25.9 Å². The van der Waals surface area contributed by atoms with Crippen molar-refractivity contribution in [1.82, 2.24) is 0 Å². The maximum absolute atomic E-state index is 13.5. The van der Waals surface area contributed by atoms with E-state index in [-0.39, 0.29) is 31.7 Å². The highest BCUT2D eigenvalue weighted by molar-refractivity contribution is 7.87. The molecule has 1 saturated heterocycles. The summed E-state index contributed by atoms with van der Waals surface area (Å²) < 4.78 is 94.2. The van der Waals surface area contributed by atoms with E-state index < -0.39 is 46.3 Å². The predicted molar refractivity (Wildman–Crippen MR) is 147 cm³/mol. The first-order chi connectivity index (χ1) is 20.1. The Balaban J connectivity index is 1.39. The highest BCUT2D eigenvalue weighted by atomic mass is 32.2. The fourth-order valence-electron chi connectivity index (χ4n) is 5.12. The van der Waals surface area contributed by atoms with Gasteiger partial charge in [0.1, 0.15) is 12.2 Å². The first-order valence-corrected chi connectivity index (χ1v) is 15.2. The van der Waals surface area contributed by atoms with Crippen LogP contribution in [0.1, 0.15) is 36.0 Å². The van der Waals surface area contributed by atoms with Crippen LogP contribution in [-0.2, 0) is 46.5 Å². The first kappa shape index (κ1) is 30.7. The molecule has 1 saturated carbocycles. The van der Waals surface area contributed by atoms with Gasteiger partial charge in [-0.2, -0.15) is 21.6 Å². The van der Waals surface area contributed by atoms with Crippen molar-refractivity contribution in [2.24, 2.45) is 5.92 Å². The van der Waals surface area contributed by atoms with Gasteiger partial charge < -0.3 is 18.9 Å². The Kier molecular flexibility index (Phi) is 9.66. The number of hydrogen-bond acceptors (Lipinski definition) is 7. The first-order valence-electron chi connectivity index (χ1n) is 13.7. The fraction of sp³-hybridized carbons (Fsp3) is 0.419. The van der Waals surface area contributed by atoms with Gasteiger partial charge in [-0.05, 0) is 41.9 Å². The van der Waals surface area contributed by atoms with Gasteiger partial charge in [0, 0.05) is 0 Å². The molecule has 7 nitrogen and oxygen atoms in total. The van der Waals surface area contributed by atoms with Crippen molar-refractivity contribution in [2.45, 2.75) is 68.7 Å². The van der Waals surface area contributed by atoms with Gasteiger partial charge in [-0.25, -0.2) is 0 Å². The van der Waals surface area contributed by atoms with Crippen molar-refractivity contribution in [3.63, 3.8) is 0 Å². The number of halogens is 3. The van der Waals surface area contributed by atoms with Crippen molar-refractivity contribution in [3.05, 3.63) is 108 Å². The van der Waals surface area contributed by atoms with Crippen molar-refractivity contribution in [2.75, 3.05) is 6.61 Å². The Morgan fingerprint density at radius 2 is 1.29 bits per heavy atom. The zero-order chi connectivity index (χ0) is 29.7. The summed E-state index contributed by atoms with van der Waals surface area (Å²) in [6.07, 6.45) is -5.38. The summed E-state index contributed by atoms with van der Waals surface area (Å²) in [7, 11) is -6.03. The molecule has 0 radical (unpaired) electrons. The predicted octanol–water partition coefficient (Wildman–Crippen LogP) is 5.96. The van der Waals surface area contributed by atoms with Crippen LogP contribution in [0.15, 0.2) is 91.0 Å². The van der Waals surface area contributed by atoms with Crippen LogP contribution in [0.2, 0.25) is 0 Å². The highest BCUT2D eigenvalue weighted by Crippen LogP contribution is 2.48. The van der Waals surface area contributed by atoms with Crippen molar-refractivity contribution in [1.29, 1.82) is 0 Å². The van der Waals surface area contributed by atoms with Gasteiger partial charge in [0.25, 0.3) is 0 Å². The SMILES string of the molecule is C[C@@H]1O[C@H](OC[C@H]2C[C@@H]2c2ccccc2)[C@@H](OS(=O)(=O)C(F)(F)F)[C@H](OCc2ccccc2)[C@H]1OCc1ccccc1. The molecule has 1 heterocycles. The Labute approximate surface area is 243 Å². The molecule has 0 bridgehead atoms. The van der Waals surface area contributed by atoms with Crippen molar-refractivity contribution >= 4 is 10.1 Å². The van der Waals surface area contributed by atoms with E-state index in [2.05, 4.69) is 0 Å². The van der Waals surface area contributed by atoms with Crippen LogP contribution in [0.4, 0.5) is 13.2 Å². The van der Waals surface area contributed by atoms with E-state index in [1.54, 1.807) is 31.2 Å². The lowest BCUT2D eigenvalue weighted by atomic mass is 9.99. The molecule has 1 aliphatic heterocycles. The van der Waals surface area contributed by atoms with E-state index in [1.165, 1.54) is 0 Å². The summed E-state index contributed by atoms with van der Waals surface area (Å²) in [5, 5.41) is 0. The van der Waals surface area contributed by atoms with Crippen LogP contribution >= 0.6 is 0 Å². The number of alkyl halides is 3. The minimum Gasteiger partial charge on any atom is -0.368 e. The third kappa shape index (κ3) is 7.58. The van der Waals surface area contributed by atoms with Gasteiger partial charge in [0.15, 0.2) is 12.4 Å². The molecule has 2 aliphatic rings. The van der Waals surface area contributed by atoms with Crippen LogP contribution in [0.25, 0.3) is 0 Å². The molecule has 0 amide bonds. The molecule has 226 valence electrons. The molecule has 3 aromatic carbocycles. The second-order valence-electron chi connectivity index (χ2n) is 10.5. The molecule has 7 atom stereocenters. The van der Waals surface area contributed by atoms with Crippen molar-refractivity contribution in [3.8, 4) is 0 Å². The second kappa shape index (κ2) is 13.2. The summed E-state index contributed by atoms with van der Waals surface area (Å²) in [4.78, 5) is 0. The Morgan fingerprint density at radius 3 is 1.83 bits per heavy atom. The summed E-state index contributed by atoms with van der Waals surface area (Å²) in [5.74, 6) is 0.333. The number of ether oxygens (including phenoxy) is 4. The fourth-order valence-corrected chi connectivity index (χ4v) is 5.72. The molecule has 3 aromatic rings. The standard InChI is InChI=1S/C31H33F3O7S/c1-21-27(37-18-22-11-5-2-6-12-22)28(38-19-23-13-7-3-8-14-23)29(41-42(35,36)31(32,33)34)30(40-21)39-20-25-17-26(25)24-15-9-4-10-16-24/h2-16,21,25-30H,17-20H2,1H3/t21-,25+,26+,27-,28+,29-,30-/m0/s1. The molecule has 0 aromatic heterocycles. The van der Waals surface area contributed by atoms with Crippen LogP contribution in [0.5, 0.6) is 0 Å². The molecular formula is C31H33F3O7S. The Bertz CT molecular complexity index is 1370. The molecule has 42 heavy (non-hydrogen) atoms. The van der Waals surface area contributed by atoms with E-state index in [4.69, 9.17) is 23.1 Å². The largest absolute Gasteiger partial charge is 0.523 e. The molecule has 5 rings (SSSR count). The molecule has 0 N–H and O–H groups in total. The summed E-state index contributed by atoms with van der Waals surface area (Å²) >= 11 is 0. The number of rotatable bonds is 12. The third-order valence-electron chi connectivity index (χ3n) is 7.44. The lowest BCUT2D eigenvalue weighted by molar-refractivity contribution is -0.305. The van der Waals surface area contributed by atoms with Crippen LogP contribution in [0, 0.1) is 5.92 Å². The average Bonchev–Trinajstić information content (AvgIpc) is 3.76. The molecular weight excluding hydrogens is 573 g/mol. The van der Waals surface area contributed by atoms with Crippen molar-refractivity contribution < 1.29 is 44.7 Å². The summed E-state index contributed by atoms with van der Waals surface area (Å²) in [5.41, 5.74) is -2.97. The number of hydrogen-bond donors (Lipinski definition) is 0. The molecule has 0 unspecified atom stereocenters. The van der Waals surface area contributed by atoms with Crippen LogP contribution < -0.4 is 0 Å². The minimum atomic E-state index is -6.03. The summed E-state index contributed by atoms with van der Waals surface area (Å²) in [6.45, 7) is 1.89. The molecule has 2 fully saturated rings. The zero-order valence-corrected chi connectivity index (χ0v) is 23.7. The zero-order valence-electron chi connectivity index (χ0n) is 22.9. The lowest BCUT2D eigenvalue weighted by Crippen LogP contribution is -2.61. The monoisotopic (exact) mass is 606 g/mol. The van der Waals surface area contributed by atoms with E-state index in [0.29, 0.717) is 0 Å². The van der Waals surface area contributed by atoms with E-state index in [0.717, 1.165) is 23.1 Å². The van der Waals surface area contributed by atoms with E-state index in [1.807, 2.05) is 66.7 Å². The van der Waals surface area contributed by atoms with Crippen LogP contribution in [0.3, 0.4) is 0 Å². The maximum Gasteiger partial charge on any atom is 0.523 e.